The first-order valence-electron chi connectivity index (χ1n) is 3.80. The van der Waals surface area contributed by atoms with Gasteiger partial charge >= 0.3 is 6.09 Å². The van der Waals surface area contributed by atoms with Gasteiger partial charge in [-0.3, -0.25) is 4.79 Å². The maximum absolute atomic E-state index is 10.6. The second-order valence-electron chi connectivity index (χ2n) is 1.96. The van der Waals surface area contributed by atoms with Gasteiger partial charge in [0.2, 0.25) is 5.91 Å². The van der Waals surface area contributed by atoms with Gasteiger partial charge in [0, 0.05) is 6.21 Å². The Kier molecular flexibility index (Phi) is 6.13. The van der Waals surface area contributed by atoms with Crippen molar-refractivity contribution >= 4 is 18.2 Å². The zero-order valence-corrected chi connectivity index (χ0v) is 7.45. The van der Waals surface area contributed by atoms with Crippen LogP contribution >= 0.6 is 0 Å². The zero-order valence-electron chi connectivity index (χ0n) is 7.45. The third-order valence-electron chi connectivity index (χ3n) is 1.02. The highest BCUT2D eigenvalue weighted by Gasteiger charge is 1.94. The first-order chi connectivity index (χ1) is 6.20. The predicted octanol–water partition coefficient (Wildman–Crippen LogP) is 0.516. The summed E-state index contributed by atoms with van der Waals surface area (Å²) in [4.78, 5) is 24.6. The fourth-order valence-electron chi connectivity index (χ4n) is 0.499. The first kappa shape index (κ1) is 11.4. The number of amides is 2. The number of nitrogens with one attached hydrogen (secondary N) is 1. The third-order valence-corrected chi connectivity index (χ3v) is 1.02. The zero-order chi connectivity index (χ0) is 10.1. The maximum Gasteiger partial charge on any atom is 0.433 e. The summed E-state index contributed by atoms with van der Waals surface area (Å²) < 4.78 is 4.51. The van der Waals surface area contributed by atoms with E-state index in [1.165, 1.54) is 6.21 Å². The van der Waals surface area contributed by atoms with Gasteiger partial charge in [-0.2, -0.15) is 4.99 Å². The summed E-state index contributed by atoms with van der Waals surface area (Å²) in [5, 5.41) is 2.42. The van der Waals surface area contributed by atoms with Crippen LogP contribution in [0, 0.1) is 0 Å². The minimum atomic E-state index is -0.657. The van der Waals surface area contributed by atoms with E-state index in [0.29, 0.717) is 0 Å². The van der Waals surface area contributed by atoms with Crippen LogP contribution in [-0.2, 0) is 9.53 Å². The smallest absolute Gasteiger partial charge is 0.433 e. The molecular formula is C8H12N2O3. The molecule has 0 aliphatic rings. The van der Waals surface area contributed by atoms with Crippen molar-refractivity contribution in [1.29, 1.82) is 0 Å². The Bertz CT molecular complexity index is 223. The van der Waals surface area contributed by atoms with E-state index in [-0.39, 0.29) is 19.1 Å². The highest BCUT2D eigenvalue weighted by atomic mass is 16.5. The van der Waals surface area contributed by atoms with Crippen molar-refractivity contribution in [3.05, 3.63) is 12.7 Å². The van der Waals surface area contributed by atoms with Crippen molar-refractivity contribution < 1.29 is 14.3 Å². The topological polar surface area (TPSA) is 67.8 Å². The average Bonchev–Trinajstić information content (AvgIpc) is 2.12. The van der Waals surface area contributed by atoms with Crippen LogP contribution in [0.25, 0.3) is 0 Å². The Morgan fingerprint density at radius 3 is 2.85 bits per heavy atom. The number of hydrogen-bond acceptors (Lipinski definition) is 3. The van der Waals surface area contributed by atoms with Crippen LogP contribution in [0.4, 0.5) is 4.79 Å². The van der Waals surface area contributed by atoms with Crippen molar-refractivity contribution in [2.45, 2.75) is 6.92 Å². The van der Waals surface area contributed by atoms with Gasteiger partial charge in [-0.25, -0.2) is 4.79 Å². The fraction of sp³-hybridized carbons (Fsp3) is 0.375. The van der Waals surface area contributed by atoms with Crippen molar-refractivity contribution in [3.63, 3.8) is 0 Å². The van der Waals surface area contributed by atoms with Gasteiger partial charge in [0.1, 0.15) is 0 Å². The lowest BCUT2D eigenvalue weighted by atomic mass is 10.5. The van der Waals surface area contributed by atoms with Gasteiger partial charge in [-0.15, -0.1) is 0 Å². The predicted molar refractivity (Wildman–Crippen MR) is 48.7 cm³/mol. The van der Waals surface area contributed by atoms with Crippen LogP contribution in [0.1, 0.15) is 6.92 Å². The number of carbonyl (C=O) groups excluding carboxylic acids is 2. The molecule has 0 saturated heterocycles. The molecule has 72 valence electrons. The number of aliphatic imine (C=N–C) groups is 1. The molecule has 0 atom stereocenters. The lowest BCUT2D eigenvalue weighted by molar-refractivity contribution is -0.116. The van der Waals surface area contributed by atoms with Gasteiger partial charge in [0.25, 0.3) is 0 Å². The lowest BCUT2D eigenvalue weighted by Crippen LogP contribution is -2.22. The molecule has 0 radical (unpaired) electrons. The number of ether oxygens (including phenoxy) is 1. The summed E-state index contributed by atoms with van der Waals surface area (Å²) in [6.45, 7) is 5.41. The van der Waals surface area contributed by atoms with Gasteiger partial charge in [-0.1, -0.05) is 6.58 Å². The molecular weight excluding hydrogens is 172 g/mol. The molecule has 0 spiro atoms. The summed E-state index contributed by atoms with van der Waals surface area (Å²) in [5.41, 5.74) is 0. The normalized spacial score (nSPS) is 9.62. The van der Waals surface area contributed by atoms with Crippen LogP contribution in [0.15, 0.2) is 17.6 Å². The van der Waals surface area contributed by atoms with Crippen molar-refractivity contribution in [2.24, 2.45) is 4.99 Å². The van der Waals surface area contributed by atoms with Crippen LogP contribution in [0.2, 0.25) is 0 Å². The maximum atomic E-state index is 10.6. The van der Waals surface area contributed by atoms with Crippen molar-refractivity contribution in [1.82, 2.24) is 5.32 Å². The molecule has 0 aromatic carbocycles. The van der Waals surface area contributed by atoms with E-state index in [1.807, 2.05) is 0 Å². The van der Waals surface area contributed by atoms with Crippen LogP contribution in [0.5, 0.6) is 0 Å². The van der Waals surface area contributed by atoms with E-state index in [0.717, 1.165) is 6.08 Å². The van der Waals surface area contributed by atoms with Gasteiger partial charge in [-0.05, 0) is 13.0 Å². The summed E-state index contributed by atoms with van der Waals surface area (Å²) in [5.74, 6) is -0.310. The Morgan fingerprint density at radius 1 is 1.62 bits per heavy atom. The second kappa shape index (κ2) is 7.02. The molecule has 2 amide bonds. The summed E-state index contributed by atoms with van der Waals surface area (Å²) in [6, 6.07) is 0. The molecule has 0 aliphatic carbocycles. The molecule has 0 bridgehead atoms. The third kappa shape index (κ3) is 6.74. The quantitative estimate of drug-likeness (QED) is 0.511. The molecule has 0 rings (SSSR count). The minimum absolute atomic E-state index is 0.184. The van der Waals surface area contributed by atoms with Gasteiger partial charge in [0.15, 0.2) is 0 Å². The molecule has 0 saturated carbocycles. The fourth-order valence-corrected chi connectivity index (χ4v) is 0.499. The molecule has 5 heteroatoms. The molecule has 0 heterocycles. The van der Waals surface area contributed by atoms with E-state index in [1.54, 1.807) is 6.92 Å². The molecule has 0 aromatic rings. The Hall–Kier alpha value is -1.65. The minimum Gasteiger partial charge on any atom is -0.448 e. The molecule has 0 unspecified atom stereocenters. The Balaban J connectivity index is 3.57. The molecule has 1 N–H and O–H groups in total. The summed E-state index contributed by atoms with van der Waals surface area (Å²) in [7, 11) is 0. The van der Waals surface area contributed by atoms with E-state index in [4.69, 9.17) is 0 Å². The second-order valence-corrected chi connectivity index (χ2v) is 1.96. The monoisotopic (exact) mass is 184 g/mol. The highest BCUT2D eigenvalue weighted by molar-refractivity contribution is 5.89. The van der Waals surface area contributed by atoms with Crippen LogP contribution < -0.4 is 5.32 Å². The van der Waals surface area contributed by atoms with Crippen molar-refractivity contribution in [2.75, 3.05) is 13.2 Å². The highest BCUT2D eigenvalue weighted by Crippen LogP contribution is 1.80. The number of carbonyl (C=O) groups is 2. The van der Waals surface area contributed by atoms with E-state index < -0.39 is 6.09 Å². The molecule has 0 aliphatic heterocycles. The first-order valence-corrected chi connectivity index (χ1v) is 3.80. The molecule has 0 aromatic heterocycles. The number of hydrogen-bond donors (Lipinski definition) is 1. The molecule has 0 fully saturated rings. The summed E-state index contributed by atoms with van der Waals surface area (Å²) >= 11 is 0. The van der Waals surface area contributed by atoms with E-state index in [9.17, 15) is 9.59 Å². The summed E-state index contributed by atoms with van der Waals surface area (Å²) in [6.07, 6.45) is 1.74. The standard InChI is InChI=1S/C8H12N2O3/c1-3-7(11)9-5-6-10-8(12)13-4-2/h3,6H,1,4-5H2,2H3,(H,9,11). The molecule has 13 heavy (non-hydrogen) atoms. The van der Waals surface area contributed by atoms with E-state index in [2.05, 4.69) is 21.6 Å². The van der Waals surface area contributed by atoms with E-state index >= 15 is 0 Å². The SMILES string of the molecule is C=CC(=O)NCC=NC(=O)OCC. The lowest BCUT2D eigenvalue weighted by Gasteiger charge is -1.95. The Labute approximate surface area is 76.5 Å². The largest absolute Gasteiger partial charge is 0.448 e. The average molecular weight is 184 g/mol. The van der Waals surface area contributed by atoms with Gasteiger partial charge < -0.3 is 10.1 Å². The molecule has 5 nitrogen and oxygen atoms in total. The Morgan fingerprint density at radius 2 is 2.31 bits per heavy atom. The number of nitrogens with zero attached hydrogens (tertiary/aromatic N) is 1. The van der Waals surface area contributed by atoms with Gasteiger partial charge in [0.05, 0.1) is 13.2 Å². The van der Waals surface area contributed by atoms with Crippen LogP contribution in [-0.4, -0.2) is 31.4 Å². The van der Waals surface area contributed by atoms with Crippen LogP contribution in [0.3, 0.4) is 0 Å². The number of rotatable bonds is 4. The van der Waals surface area contributed by atoms with Crippen molar-refractivity contribution in [3.8, 4) is 0 Å².